The van der Waals surface area contributed by atoms with Gasteiger partial charge in [0.25, 0.3) is 5.91 Å². The summed E-state index contributed by atoms with van der Waals surface area (Å²) in [4.78, 5) is 42.9. The Hall–Kier alpha value is -2.34. The molecule has 4 aliphatic rings. The van der Waals surface area contributed by atoms with Crippen molar-refractivity contribution < 1.29 is 34.8 Å². The maximum atomic E-state index is 13.9. The highest BCUT2D eigenvalue weighted by Gasteiger charge is 2.64. The van der Waals surface area contributed by atoms with Crippen LogP contribution in [-0.4, -0.2) is 86.5 Å². The van der Waals surface area contributed by atoms with Gasteiger partial charge < -0.3 is 26.2 Å². The van der Waals surface area contributed by atoms with Crippen LogP contribution in [0.1, 0.15) is 48.8 Å². The van der Waals surface area contributed by atoms with E-state index in [1.54, 1.807) is 14.1 Å². The predicted octanol–water partition coefficient (Wildman–Crippen LogP) is 2.84. The van der Waals surface area contributed by atoms with Gasteiger partial charge in [-0.1, -0.05) is 24.4 Å². The summed E-state index contributed by atoms with van der Waals surface area (Å²) in [6.07, 6.45) is 4.72. The van der Waals surface area contributed by atoms with Gasteiger partial charge in [-0.2, -0.15) is 0 Å². The Morgan fingerprint density at radius 2 is 1.73 bits per heavy atom. The third kappa shape index (κ3) is 5.13. The quantitative estimate of drug-likeness (QED) is 0.314. The van der Waals surface area contributed by atoms with Crippen LogP contribution in [0.5, 0.6) is 5.75 Å². The van der Waals surface area contributed by atoms with Crippen LogP contribution in [0.2, 0.25) is 5.02 Å². The summed E-state index contributed by atoms with van der Waals surface area (Å²) in [5, 5.41) is 45.3. The summed E-state index contributed by atoms with van der Waals surface area (Å²) in [6.45, 7) is 2.38. The van der Waals surface area contributed by atoms with Gasteiger partial charge >= 0.3 is 0 Å². The van der Waals surface area contributed by atoms with Crippen LogP contribution in [0.25, 0.3) is 5.76 Å². The van der Waals surface area contributed by atoms with Gasteiger partial charge in [-0.25, -0.2) is 0 Å². The van der Waals surface area contributed by atoms with E-state index in [4.69, 9.17) is 17.3 Å². The number of likely N-dealkylation sites (N-methyl/N-ethyl adjacent to an activating group) is 1. The highest BCUT2D eigenvalue weighted by molar-refractivity contribution is 6.32. The Kier molecular flexibility index (Phi) is 9.79. The lowest BCUT2D eigenvalue weighted by atomic mass is 9.57. The summed E-state index contributed by atoms with van der Waals surface area (Å²) in [5.41, 5.74) is 2.90. The fourth-order valence-electron chi connectivity index (χ4n) is 7.00. The number of nitrogens with zero attached hydrogens (tertiary/aromatic N) is 2. The molecule has 41 heavy (non-hydrogen) atoms. The first-order valence-electron chi connectivity index (χ1n) is 13.3. The highest BCUT2D eigenvalue weighted by atomic mass is 35.5. The number of aromatic hydroxyl groups is 1. The molecule has 1 heterocycles. The van der Waals surface area contributed by atoms with E-state index in [2.05, 4.69) is 4.90 Å². The minimum absolute atomic E-state index is 0. The molecule has 2 fully saturated rings. The van der Waals surface area contributed by atoms with E-state index in [0.717, 1.165) is 31.5 Å². The summed E-state index contributed by atoms with van der Waals surface area (Å²) >= 11 is 6.87. The first kappa shape index (κ1) is 33.2. The minimum atomic E-state index is -2.66. The molecule has 1 aliphatic heterocycles. The molecule has 0 aromatic heterocycles. The molecule has 1 amide bonds. The molecule has 6 N–H and O–H groups in total. The van der Waals surface area contributed by atoms with Crippen LogP contribution >= 0.6 is 36.4 Å². The average Bonchev–Trinajstić information content (AvgIpc) is 3.12. The first-order valence-corrected chi connectivity index (χ1v) is 13.7. The number of carbonyl (C=O) groups is 3. The number of likely N-dealkylation sites (tertiary alicyclic amines) is 1. The standard InChI is InChI=1S/C28H34ClN3O7.2ClH/c1-31(2)22-16-10-13-9-15-19(17(33)11-14(21(15)29)12-32-7-5-3-4-6-8-32)23(34)18(13)25(36)28(16,39)26(37)20(24(22)35)27(30)38;;/h11,13,16,22,33-34,37,39H,3-10,12H2,1-2H3,(H2,30,38);2*1H/t13-,16-,22-,28-;;/m0../s1. The van der Waals surface area contributed by atoms with Gasteiger partial charge in [-0.05, 0) is 76.0 Å². The second-order valence-electron chi connectivity index (χ2n) is 11.4. The fourth-order valence-corrected chi connectivity index (χ4v) is 7.28. The number of Topliss-reactive ketones (excluding diaryl/α,β-unsaturated/α-hetero) is 2. The van der Waals surface area contributed by atoms with Gasteiger partial charge in [0.1, 0.15) is 22.8 Å². The molecule has 3 aliphatic carbocycles. The number of benzene rings is 1. The van der Waals surface area contributed by atoms with Crippen molar-refractivity contribution in [1.82, 2.24) is 9.80 Å². The van der Waals surface area contributed by atoms with E-state index >= 15 is 0 Å². The monoisotopic (exact) mass is 631 g/mol. The second-order valence-corrected chi connectivity index (χ2v) is 11.8. The Morgan fingerprint density at radius 3 is 2.29 bits per heavy atom. The molecule has 10 nitrogen and oxygen atoms in total. The molecule has 0 bridgehead atoms. The number of phenols is 1. The van der Waals surface area contributed by atoms with Crippen LogP contribution < -0.4 is 5.73 Å². The molecule has 4 atom stereocenters. The second kappa shape index (κ2) is 12.1. The summed E-state index contributed by atoms with van der Waals surface area (Å²) < 4.78 is 0. The number of phenolic OH excluding ortho intramolecular Hbond substituents is 1. The van der Waals surface area contributed by atoms with Crippen molar-refractivity contribution in [1.29, 1.82) is 0 Å². The van der Waals surface area contributed by atoms with E-state index in [9.17, 15) is 34.8 Å². The van der Waals surface area contributed by atoms with Gasteiger partial charge in [-0.15, -0.1) is 24.8 Å². The Balaban J connectivity index is 0.00000231. The number of fused-ring (bicyclic) bond motifs is 3. The number of amides is 1. The van der Waals surface area contributed by atoms with E-state index in [0.29, 0.717) is 17.1 Å². The smallest absolute Gasteiger partial charge is 0.255 e. The lowest BCUT2D eigenvalue weighted by Crippen LogP contribution is -2.65. The number of halogens is 3. The van der Waals surface area contributed by atoms with Crippen molar-refractivity contribution in [3.05, 3.63) is 44.7 Å². The number of nitrogens with two attached hydrogens (primary N) is 1. The Labute approximate surface area is 255 Å². The van der Waals surface area contributed by atoms with Gasteiger partial charge in [-0.3, -0.25) is 24.2 Å². The number of primary amides is 1. The maximum absolute atomic E-state index is 13.9. The molecule has 1 saturated heterocycles. The average molecular weight is 633 g/mol. The lowest BCUT2D eigenvalue weighted by molar-refractivity contribution is -0.153. The minimum Gasteiger partial charge on any atom is -0.508 e. The topological polar surface area (TPSA) is 165 Å². The number of rotatable bonds is 4. The molecule has 226 valence electrons. The zero-order chi connectivity index (χ0) is 28.4. The third-order valence-corrected chi connectivity index (χ3v) is 9.29. The number of hydrogen-bond acceptors (Lipinski definition) is 9. The van der Waals surface area contributed by atoms with Gasteiger partial charge in [0.05, 0.1) is 11.6 Å². The molecule has 0 unspecified atom stereocenters. The van der Waals surface area contributed by atoms with Crippen LogP contribution in [0.3, 0.4) is 0 Å². The van der Waals surface area contributed by atoms with Gasteiger partial charge in [0, 0.05) is 23.1 Å². The van der Waals surface area contributed by atoms with Crippen LogP contribution in [0, 0.1) is 11.8 Å². The molecule has 0 radical (unpaired) electrons. The fraction of sp³-hybridized carbons (Fsp3) is 0.536. The predicted molar refractivity (Wildman–Crippen MR) is 157 cm³/mol. The molecular weight excluding hydrogens is 597 g/mol. The van der Waals surface area contributed by atoms with E-state index < -0.39 is 58.0 Å². The van der Waals surface area contributed by atoms with Crippen molar-refractivity contribution >= 4 is 59.6 Å². The van der Waals surface area contributed by atoms with E-state index in [1.165, 1.54) is 23.8 Å². The van der Waals surface area contributed by atoms with Crippen molar-refractivity contribution in [2.45, 2.75) is 56.7 Å². The van der Waals surface area contributed by atoms with Crippen LogP contribution in [-0.2, 0) is 27.3 Å². The zero-order valence-corrected chi connectivity index (χ0v) is 25.2. The van der Waals surface area contributed by atoms with Crippen LogP contribution in [0.4, 0.5) is 0 Å². The third-order valence-electron chi connectivity index (χ3n) is 8.82. The SMILES string of the molecule is CN(C)[C@@H]1C(=O)C(C(N)=O)=C(O)[C@@]2(O)C(=O)C3=C(O)c4c(O)cc(CN5CCCCCC5)c(Cl)c4C[C@H]3C[C@@H]12.Cl.Cl. The van der Waals surface area contributed by atoms with E-state index in [1.807, 2.05) is 0 Å². The highest BCUT2D eigenvalue weighted by Crippen LogP contribution is 2.53. The molecule has 1 aromatic rings. The first-order chi connectivity index (χ1) is 18.4. The summed E-state index contributed by atoms with van der Waals surface area (Å²) in [5.74, 6) is -6.74. The largest absolute Gasteiger partial charge is 0.508 e. The van der Waals surface area contributed by atoms with Gasteiger partial charge in [0.2, 0.25) is 5.78 Å². The Bertz CT molecular complexity index is 1340. The lowest BCUT2D eigenvalue weighted by Gasteiger charge is -2.50. The van der Waals surface area contributed by atoms with Crippen molar-refractivity contribution in [2.75, 3.05) is 27.2 Å². The summed E-state index contributed by atoms with van der Waals surface area (Å²) in [6, 6.07) is 0.374. The zero-order valence-electron chi connectivity index (χ0n) is 22.9. The number of hydrogen-bond donors (Lipinski definition) is 5. The van der Waals surface area contributed by atoms with Gasteiger partial charge in [0.15, 0.2) is 11.4 Å². The molecular formula is C28H36Cl3N3O7. The van der Waals surface area contributed by atoms with Crippen LogP contribution in [0.15, 0.2) is 23.0 Å². The molecule has 5 rings (SSSR count). The van der Waals surface area contributed by atoms with Crippen molar-refractivity contribution in [3.8, 4) is 5.75 Å². The molecule has 13 heteroatoms. The molecule has 1 aromatic carbocycles. The maximum Gasteiger partial charge on any atom is 0.255 e. The normalized spacial score (nSPS) is 28.3. The van der Waals surface area contributed by atoms with E-state index in [-0.39, 0.29) is 54.5 Å². The number of aliphatic hydroxyl groups excluding tert-OH is 2. The molecule has 1 saturated carbocycles. The number of carbonyl (C=O) groups excluding carboxylic acids is 3. The number of ketones is 2. The number of aliphatic hydroxyl groups is 3. The van der Waals surface area contributed by atoms with Crippen molar-refractivity contribution in [3.63, 3.8) is 0 Å². The summed E-state index contributed by atoms with van der Waals surface area (Å²) in [7, 11) is 3.13. The van der Waals surface area contributed by atoms with Crippen molar-refractivity contribution in [2.24, 2.45) is 17.6 Å². The molecule has 0 spiro atoms. The Morgan fingerprint density at radius 1 is 1.12 bits per heavy atom.